The second kappa shape index (κ2) is 13.8. The monoisotopic (exact) mass is 873 g/mol. The van der Waals surface area contributed by atoms with Crippen LogP contribution in [0.4, 0.5) is 17.1 Å². The molecule has 1 aliphatic heterocycles. The van der Waals surface area contributed by atoms with Crippen LogP contribution >= 0.6 is 23.1 Å². The van der Waals surface area contributed by atoms with Gasteiger partial charge in [-0.1, -0.05) is 145 Å². The molecular weight excluding hydrogens is 839 g/mol. The fourth-order valence-electron chi connectivity index (χ4n) is 10.9. The van der Waals surface area contributed by atoms with Crippen molar-refractivity contribution >= 4 is 131 Å². The van der Waals surface area contributed by atoms with E-state index < -0.39 is 0 Å². The highest BCUT2D eigenvalue weighted by molar-refractivity contribution is 7.99. The number of fused-ring (bicyclic) bond motifs is 19. The summed E-state index contributed by atoms with van der Waals surface area (Å²) in [4.78, 5) is 10.1. The lowest BCUT2D eigenvalue weighted by Crippen LogP contribution is -2.15. The number of hydrogen-bond donors (Lipinski definition) is 0. The van der Waals surface area contributed by atoms with Crippen molar-refractivity contribution in [2.24, 2.45) is 0 Å². The zero-order valence-electron chi connectivity index (χ0n) is 35.4. The Balaban J connectivity index is 0.908. The third kappa shape index (κ3) is 5.24. The molecule has 0 saturated carbocycles. The van der Waals surface area contributed by atoms with Crippen molar-refractivity contribution < 1.29 is 0 Å². The highest BCUT2D eigenvalue weighted by Gasteiger charge is 2.27. The Bertz CT molecular complexity index is 4390. The first-order valence-corrected chi connectivity index (χ1v) is 24.1. The molecule has 306 valence electrons. The molecule has 15 rings (SSSR count). The van der Waals surface area contributed by atoms with E-state index in [1.165, 1.54) is 107 Å². The molecule has 0 N–H and O–H groups in total. The molecular formula is C61H35N3S2. The zero-order valence-corrected chi connectivity index (χ0v) is 37.0. The van der Waals surface area contributed by atoms with Crippen molar-refractivity contribution in [3.05, 3.63) is 212 Å². The van der Waals surface area contributed by atoms with E-state index in [9.17, 15) is 0 Å². The molecule has 3 nitrogen and oxygen atoms in total. The highest BCUT2D eigenvalue weighted by Crippen LogP contribution is 2.55. The van der Waals surface area contributed by atoms with Crippen LogP contribution in [-0.4, -0.2) is 9.38 Å². The molecule has 14 aromatic rings. The second-order valence-corrected chi connectivity index (χ2v) is 19.6. The minimum absolute atomic E-state index is 0.997. The summed E-state index contributed by atoms with van der Waals surface area (Å²) in [5.41, 5.74) is 12.7. The van der Waals surface area contributed by atoms with Gasteiger partial charge in [0.15, 0.2) is 0 Å². The van der Waals surface area contributed by atoms with E-state index in [-0.39, 0.29) is 0 Å². The summed E-state index contributed by atoms with van der Waals surface area (Å²) in [7, 11) is 0. The second-order valence-electron chi connectivity index (χ2n) is 17.5. The minimum Gasteiger partial charge on any atom is -0.308 e. The predicted octanol–water partition coefficient (Wildman–Crippen LogP) is 17.9. The summed E-state index contributed by atoms with van der Waals surface area (Å²) in [6.45, 7) is 0. The van der Waals surface area contributed by atoms with Crippen LogP contribution in [0.2, 0.25) is 0 Å². The molecule has 0 fully saturated rings. The lowest BCUT2D eigenvalue weighted by molar-refractivity contribution is 1.17. The predicted molar refractivity (Wildman–Crippen MR) is 283 cm³/mol. The molecule has 0 unspecified atom stereocenters. The molecule has 66 heavy (non-hydrogen) atoms. The Labute approximate surface area is 387 Å². The van der Waals surface area contributed by atoms with Crippen molar-refractivity contribution in [2.45, 2.75) is 9.79 Å². The Morgan fingerprint density at radius 1 is 0.333 bits per heavy atom. The van der Waals surface area contributed by atoms with Crippen LogP contribution in [0.25, 0.3) is 113 Å². The van der Waals surface area contributed by atoms with Crippen LogP contribution in [0.1, 0.15) is 0 Å². The van der Waals surface area contributed by atoms with Gasteiger partial charge in [-0.3, -0.25) is 4.40 Å². The van der Waals surface area contributed by atoms with Gasteiger partial charge in [0.2, 0.25) is 0 Å². The Morgan fingerprint density at radius 3 is 1.73 bits per heavy atom. The molecule has 0 amide bonds. The minimum atomic E-state index is 0.997. The number of pyridine rings is 1. The topological polar surface area (TPSA) is 20.5 Å². The van der Waals surface area contributed by atoms with E-state index in [0.29, 0.717) is 0 Å². The van der Waals surface area contributed by atoms with E-state index in [2.05, 4.69) is 222 Å². The van der Waals surface area contributed by atoms with Crippen molar-refractivity contribution in [1.29, 1.82) is 0 Å². The molecule has 0 atom stereocenters. The normalized spacial score (nSPS) is 12.8. The summed E-state index contributed by atoms with van der Waals surface area (Å²) < 4.78 is 4.99. The van der Waals surface area contributed by atoms with Crippen LogP contribution in [-0.2, 0) is 0 Å². The molecule has 0 bridgehead atoms. The SMILES string of the molecule is c1ccc(N2c3ccc(-c4ccc5c(c4)sc4ccccc45)cc3Sc3cc4c5ccc(-c6ccc7c(c6)c6ccccc6c6nc8ccccc8n76)cc5c5ccccc5c4cc32)cc1. The summed E-state index contributed by atoms with van der Waals surface area (Å²) in [5.74, 6) is 0. The first kappa shape index (κ1) is 36.4. The van der Waals surface area contributed by atoms with Gasteiger partial charge >= 0.3 is 0 Å². The van der Waals surface area contributed by atoms with Gasteiger partial charge in [-0.25, -0.2) is 4.98 Å². The molecule has 11 aromatic carbocycles. The van der Waals surface area contributed by atoms with Crippen LogP contribution in [0.5, 0.6) is 0 Å². The number of nitrogens with zero attached hydrogens (tertiary/aromatic N) is 3. The van der Waals surface area contributed by atoms with Crippen molar-refractivity contribution in [3.63, 3.8) is 0 Å². The lowest BCUT2D eigenvalue weighted by atomic mass is 9.91. The number of thiophene rings is 1. The summed E-state index contributed by atoms with van der Waals surface area (Å²) >= 11 is 3.76. The van der Waals surface area contributed by atoms with Crippen molar-refractivity contribution in [1.82, 2.24) is 9.38 Å². The van der Waals surface area contributed by atoms with Gasteiger partial charge in [-0.05, 0) is 139 Å². The Hall–Kier alpha value is -7.96. The van der Waals surface area contributed by atoms with Crippen LogP contribution in [0.15, 0.2) is 222 Å². The van der Waals surface area contributed by atoms with Crippen molar-refractivity contribution in [2.75, 3.05) is 4.90 Å². The van der Waals surface area contributed by atoms with Gasteiger partial charge in [0, 0.05) is 46.4 Å². The molecule has 1 aliphatic rings. The highest BCUT2D eigenvalue weighted by atomic mass is 32.2. The number of aromatic nitrogens is 2. The van der Waals surface area contributed by atoms with Crippen molar-refractivity contribution in [3.8, 4) is 22.3 Å². The van der Waals surface area contributed by atoms with Crippen LogP contribution < -0.4 is 4.90 Å². The summed E-state index contributed by atoms with van der Waals surface area (Å²) in [6, 6.07) is 78.7. The van der Waals surface area contributed by atoms with Gasteiger partial charge in [0.25, 0.3) is 0 Å². The van der Waals surface area contributed by atoms with Gasteiger partial charge < -0.3 is 4.90 Å². The summed E-state index contributed by atoms with van der Waals surface area (Å²) in [5, 5.41) is 13.8. The number of benzene rings is 11. The van der Waals surface area contributed by atoms with E-state index in [4.69, 9.17) is 4.98 Å². The van der Waals surface area contributed by atoms with E-state index in [1.54, 1.807) is 0 Å². The third-order valence-corrected chi connectivity index (χ3v) is 16.1. The molecule has 5 heteroatoms. The average molecular weight is 874 g/mol. The van der Waals surface area contributed by atoms with E-state index in [0.717, 1.165) is 33.3 Å². The van der Waals surface area contributed by atoms with E-state index in [1.807, 2.05) is 23.1 Å². The molecule has 0 saturated heterocycles. The Morgan fingerprint density at radius 2 is 0.894 bits per heavy atom. The maximum Gasteiger partial charge on any atom is 0.146 e. The van der Waals surface area contributed by atoms with Crippen LogP contribution in [0.3, 0.4) is 0 Å². The lowest BCUT2D eigenvalue weighted by Gasteiger charge is -2.34. The zero-order chi connectivity index (χ0) is 43.0. The van der Waals surface area contributed by atoms with Gasteiger partial charge in [0.05, 0.1) is 27.9 Å². The molecule has 0 spiro atoms. The number of imidazole rings is 1. The maximum atomic E-state index is 5.11. The standard InChI is InChI=1S/C61H35N3S2/c1-2-12-40(13-3-1)63-55-29-25-39(38-23-27-46-45-17-8-11-21-57(45)65-58(46)32-38)33-59(55)66-60-35-50-44-26-22-36(30-48(44)41-14-4-5-15-42(41)49(50)34-56(60)63)37-24-28-53-51(31-37)43-16-6-7-18-47(43)61-62-52-19-9-10-20-54(52)64(53)61/h1-35H. The van der Waals surface area contributed by atoms with Gasteiger partial charge in [-0.15, -0.1) is 11.3 Å². The number of rotatable bonds is 3. The smallest absolute Gasteiger partial charge is 0.146 e. The fourth-order valence-corrected chi connectivity index (χ4v) is 13.1. The van der Waals surface area contributed by atoms with Crippen LogP contribution in [0, 0.1) is 0 Å². The third-order valence-electron chi connectivity index (χ3n) is 13.9. The molecule has 0 aliphatic carbocycles. The Kier molecular flexibility index (Phi) is 7.59. The number of anilines is 3. The first-order chi connectivity index (χ1) is 32.7. The van der Waals surface area contributed by atoms with Gasteiger partial charge in [-0.2, -0.15) is 0 Å². The molecule has 0 radical (unpaired) electrons. The number of hydrogen-bond acceptors (Lipinski definition) is 4. The average Bonchev–Trinajstić information content (AvgIpc) is 3.96. The largest absolute Gasteiger partial charge is 0.308 e. The molecule has 3 aromatic heterocycles. The summed E-state index contributed by atoms with van der Waals surface area (Å²) in [6.07, 6.45) is 0. The first-order valence-electron chi connectivity index (χ1n) is 22.4. The fraction of sp³-hybridized carbons (Fsp3) is 0. The quantitative estimate of drug-likeness (QED) is 0.165. The number of para-hydroxylation sites is 3. The van der Waals surface area contributed by atoms with Gasteiger partial charge in [0.1, 0.15) is 5.65 Å². The maximum absolute atomic E-state index is 5.11. The van der Waals surface area contributed by atoms with E-state index >= 15 is 0 Å². The molecule has 4 heterocycles.